The molecule has 0 radical (unpaired) electrons. The van der Waals surface area contributed by atoms with E-state index in [0.29, 0.717) is 6.61 Å². The normalized spacial score (nSPS) is 23.2. The Morgan fingerprint density at radius 1 is 0.821 bits per heavy atom. The molecule has 3 aromatic rings. The van der Waals surface area contributed by atoms with Gasteiger partial charge >= 0.3 is 0 Å². The molecule has 5 rings (SSSR count). The van der Waals surface area contributed by atoms with Crippen LogP contribution in [0.3, 0.4) is 0 Å². The van der Waals surface area contributed by atoms with Gasteiger partial charge in [0.25, 0.3) is 0 Å². The van der Waals surface area contributed by atoms with Crippen LogP contribution in [0.1, 0.15) is 48.8 Å². The summed E-state index contributed by atoms with van der Waals surface area (Å²) in [6, 6.07) is 27.7. The van der Waals surface area contributed by atoms with Crippen LogP contribution in [0.5, 0.6) is 11.5 Å². The second kappa shape index (κ2) is 7.35. The van der Waals surface area contributed by atoms with Crippen molar-refractivity contribution in [2.45, 2.75) is 50.2 Å². The van der Waals surface area contributed by atoms with E-state index in [2.05, 4.69) is 60.7 Å². The third-order valence-corrected chi connectivity index (χ3v) is 6.34. The minimum atomic E-state index is -0.0228. The SMILES string of the molecule is c1ccc(COc2ccc(C34CCCCCC3Oc3ccccc34)cc2)cc1. The van der Waals surface area contributed by atoms with Crippen LogP contribution in [0.2, 0.25) is 0 Å². The predicted molar refractivity (Wildman–Crippen MR) is 112 cm³/mol. The van der Waals surface area contributed by atoms with Crippen LogP contribution in [-0.2, 0) is 12.0 Å². The van der Waals surface area contributed by atoms with Crippen LogP contribution in [0.4, 0.5) is 0 Å². The van der Waals surface area contributed by atoms with E-state index in [4.69, 9.17) is 9.47 Å². The lowest BCUT2D eigenvalue weighted by Gasteiger charge is -2.34. The Morgan fingerprint density at radius 2 is 1.61 bits per heavy atom. The van der Waals surface area contributed by atoms with Crippen molar-refractivity contribution in [3.8, 4) is 11.5 Å². The lowest BCUT2D eigenvalue weighted by atomic mass is 9.69. The van der Waals surface area contributed by atoms with Gasteiger partial charge in [-0.3, -0.25) is 0 Å². The molecule has 142 valence electrons. The Kier molecular flexibility index (Phi) is 4.56. The van der Waals surface area contributed by atoms with E-state index in [-0.39, 0.29) is 11.5 Å². The van der Waals surface area contributed by atoms with E-state index >= 15 is 0 Å². The second-order valence-electron chi connectivity index (χ2n) is 7.97. The summed E-state index contributed by atoms with van der Waals surface area (Å²) in [5.74, 6) is 1.99. The minimum absolute atomic E-state index is 0.0228. The van der Waals surface area contributed by atoms with Crippen molar-refractivity contribution in [1.29, 1.82) is 0 Å². The molecule has 1 saturated carbocycles. The van der Waals surface area contributed by atoms with Crippen molar-refractivity contribution in [3.63, 3.8) is 0 Å². The Bertz CT molecular complexity index is 932. The molecule has 0 aromatic heterocycles. The second-order valence-corrected chi connectivity index (χ2v) is 7.97. The fraction of sp³-hybridized carbons (Fsp3) is 0.308. The highest BCUT2D eigenvalue weighted by Gasteiger charge is 2.50. The first-order valence-corrected chi connectivity index (χ1v) is 10.4. The van der Waals surface area contributed by atoms with Gasteiger partial charge in [-0.25, -0.2) is 0 Å². The van der Waals surface area contributed by atoms with E-state index in [1.807, 2.05) is 18.2 Å². The van der Waals surface area contributed by atoms with Gasteiger partial charge < -0.3 is 9.47 Å². The van der Waals surface area contributed by atoms with E-state index in [0.717, 1.165) is 24.3 Å². The fourth-order valence-corrected chi connectivity index (χ4v) is 4.95. The van der Waals surface area contributed by atoms with Crippen LogP contribution in [0, 0.1) is 0 Å². The van der Waals surface area contributed by atoms with Crippen LogP contribution < -0.4 is 9.47 Å². The number of para-hydroxylation sites is 1. The minimum Gasteiger partial charge on any atom is -0.489 e. The van der Waals surface area contributed by atoms with Crippen molar-refractivity contribution in [3.05, 3.63) is 95.6 Å². The topological polar surface area (TPSA) is 18.5 Å². The lowest BCUT2D eigenvalue weighted by Crippen LogP contribution is -2.38. The van der Waals surface area contributed by atoms with Gasteiger partial charge in [0.1, 0.15) is 24.2 Å². The highest BCUT2D eigenvalue weighted by Crippen LogP contribution is 2.53. The van der Waals surface area contributed by atoms with E-state index in [9.17, 15) is 0 Å². The quantitative estimate of drug-likeness (QED) is 0.538. The number of ether oxygens (including phenoxy) is 2. The van der Waals surface area contributed by atoms with Gasteiger partial charge in [-0.2, -0.15) is 0 Å². The molecule has 2 unspecified atom stereocenters. The van der Waals surface area contributed by atoms with Crippen LogP contribution >= 0.6 is 0 Å². The summed E-state index contributed by atoms with van der Waals surface area (Å²) in [5, 5.41) is 0. The first-order chi connectivity index (χ1) is 13.9. The molecule has 2 aliphatic rings. The first-order valence-electron chi connectivity index (χ1n) is 10.4. The summed E-state index contributed by atoms with van der Waals surface area (Å²) in [4.78, 5) is 0. The molecule has 1 aliphatic carbocycles. The molecule has 0 spiro atoms. The molecule has 3 aromatic carbocycles. The van der Waals surface area contributed by atoms with Crippen molar-refractivity contribution in [2.75, 3.05) is 0 Å². The molecule has 1 fully saturated rings. The van der Waals surface area contributed by atoms with Gasteiger partial charge in [-0.15, -0.1) is 0 Å². The van der Waals surface area contributed by atoms with Gasteiger partial charge in [0.15, 0.2) is 0 Å². The Balaban J connectivity index is 1.45. The fourth-order valence-electron chi connectivity index (χ4n) is 4.95. The zero-order chi connectivity index (χ0) is 18.8. The summed E-state index contributed by atoms with van der Waals surface area (Å²) < 4.78 is 12.5. The molecule has 2 heteroatoms. The molecule has 0 amide bonds. The average molecular weight is 370 g/mol. The van der Waals surface area contributed by atoms with Crippen molar-refractivity contribution >= 4 is 0 Å². The maximum Gasteiger partial charge on any atom is 0.124 e. The van der Waals surface area contributed by atoms with E-state index in [1.165, 1.54) is 36.0 Å². The number of fused-ring (bicyclic) bond motifs is 3. The third-order valence-electron chi connectivity index (χ3n) is 6.34. The number of hydrogen-bond donors (Lipinski definition) is 0. The zero-order valence-electron chi connectivity index (χ0n) is 16.1. The van der Waals surface area contributed by atoms with Gasteiger partial charge in [0.2, 0.25) is 0 Å². The Labute approximate surface area is 167 Å². The Morgan fingerprint density at radius 3 is 2.46 bits per heavy atom. The average Bonchev–Trinajstić information content (AvgIpc) is 2.92. The molecule has 2 atom stereocenters. The van der Waals surface area contributed by atoms with Crippen LogP contribution in [0.15, 0.2) is 78.9 Å². The summed E-state index contributed by atoms with van der Waals surface area (Å²) in [6.07, 6.45) is 6.31. The number of rotatable bonds is 4. The maximum atomic E-state index is 6.45. The van der Waals surface area contributed by atoms with Gasteiger partial charge in [0, 0.05) is 5.56 Å². The summed E-state index contributed by atoms with van der Waals surface area (Å²) in [5.41, 5.74) is 3.88. The molecule has 0 saturated heterocycles. The highest BCUT2D eigenvalue weighted by atomic mass is 16.5. The largest absolute Gasteiger partial charge is 0.489 e. The van der Waals surface area contributed by atoms with E-state index in [1.54, 1.807) is 0 Å². The van der Waals surface area contributed by atoms with Crippen LogP contribution in [0.25, 0.3) is 0 Å². The lowest BCUT2D eigenvalue weighted by molar-refractivity contribution is 0.159. The molecular formula is C26H26O2. The third kappa shape index (κ3) is 2.97. The molecule has 28 heavy (non-hydrogen) atoms. The summed E-state index contributed by atoms with van der Waals surface area (Å²) in [6.45, 7) is 0.597. The summed E-state index contributed by atoms with van der Waals surface area (Å²) >= 11 is 0. The van der Waals surface area contributed by atoms with Crippen molar-refractivity contribution < 1.29 is 9.47 Å². The predicted octanol–water partition coefficient (Wildman–Crippen LogP) is 6.28. The molecule has 1 heterocycles. The zero-order valence-corrected chi connectivity index (χ0v) is 16.1. The molecule has 0 N–H and O–H groups in total. The van der Waals surface area contributed by atoms with E-state index < -0.39 is 0 Å². The van der Waals surface area contributed by atoms with Gasteiger partial charge in [0.05, 0.1) is 5.41 Å². The van der Waals surface area contributed by atoms with Gasteiger partial charge in [-0.1, -0.05) is 73.5 Å². The molecule has 1 aliphatic heterocycles. The maximum absolute atomic E-state index is 6.45. The Hall–Kier alpha value is -2.74. The number of benzene rings is 3. The molecular weight excluding hydrogens is 344 g/mol. The molecule has 2 nitrogen and oxygen atoms in total. The standard InChI is InChI=1S/C26H26O2/c1-3-9-20(10-4-1)19-27-22-16-14-21(15-17-22)26-18-8-2-5-13-25(26)28-24-12-7-6-11-23(24)26/h1,3-4,6-7,9-12,14-17,25H,2,5,8,13,18-19H2. The van der Waals surface area contributed by atoms with Crippen LogP contribution in [-0.4, -0.2) is 6.10 Å². The van der Waals surface area contributed by atoms with Crippen molar-refractivity contribution in [2.24, 2.45) is 0 Å². The smallest absolute Gasteiger partial charge is 0.124 e. The first kappa shape index (κ1) is 17.4. The summed E-state index contributed by atoms with van der Waals surface area (Å²) in [7, 11) is 0. The van der Waals surface area contributed by atoms with Crippen molar-refractivity contribution in [1.82, 2.24) is 0 Å². The monoisotopic (exact) mass is 370 g/mol. The van der Waals surface area contributed by atoms with Gasteiger partial charge in [-0.05, 0) is 48.6 Å². The molecule has 0 bridgehead atoms. The number of hydrogen-bond acceptors (Lipinski definition) is 2. The highest BCUT2D eigenvalue weighted by molar-refractivity contribution is 5.53.